The Balaban J connectivity index is 2.60. The van der Waals surface area contributed by atoms with E-state index in [0.717, 1.165) is 0 Å². The highest BCUT2D eigenvalue weighted by molar-refractivity contribution is 5.99. The van der Waals surface area contributed by atoms with Crippen LogP contribution in [0.15, 0.2) is 9.21 Å². The monoisotopic (exact) mass is 264 g/mol. The van der Waals surface area contributed by atoms with Crippen molar-refractivity contribution in [2.75, 3.05) is 0 Å². The fraction of sp³-hybridized carbons (Fsp3) is 0.462. The topological polar surface area (TPSA) is 81.3 Å². The van der Waals surface area contributed by atoms with E-state index in [1.165, 1.54) is 4.57 Å². The van der Waals surface area contributed by atoms with Crippen molar-refractivity contribution in [3.05, 3.63) is 21.3 Å². The Labute approximate surface area is 109 Å². The van der Waals surface area contributed by atoms with Gasteiger partial charge in [-0.3, -0.25) is 19.5 Å². The number of oxazole rings is 1. The van der Waals surface area contributed by atoms with Crippen LogP contribution in [0.3, 0.4) is 0 Å². The van der Waals surface area contributed by atoms with Gasteiger partial charge in [0.05, 0.1) is 5.35 Å². The minimum absolute atomic E-state index is 0.227. The molecule has 6 heteroatoms. The number of nitrogens with one attached hydrogen (secondary N) is 1. The third-order valence-electron chi connectivity index (χ3n) is 3.09. The van der Waals surface area contributed by atoms with Crippen LogP contribution in [-0.4, -0.2) is 16.4 Å². The molecule has 19 heavy (non-hydrogen) atoms. The summed E-state index contributed by atoms with van der Waals surface area (Å²) in [4.78, 5) is 34.9. The van der Waals surface area contributed by atoms with Crippen LogP contribution >= 0.6 is 0 Å². The fourth-order valence-electron chi connectivity index (χ4n) is 2.24. The van der Waals surface area contributed by atoms with Gasteiger partial charge in [-0.25, -0.2) is 4.79 Å². The first-order valence-electron chi connectivity index (χ1n) is 6.30. The maximum atomic E-state index is 11.9. The number of hydrogen-bond acceptors (Lipinski definition) is 4. The van der Waals surface area contributed by atoms with Crippen molar-refractivity contribution in [2.24, 2.45) is 0 Å². The Hall–Kier alpha value is -2.11. The summed E-state index contributed by atoms with van der Waals surface area (Å²) in [5.41, 5.74) is 0.455. The molecule has 1 fully saturated rings. The second-order valence-electron chi connectivity index (χ2n) is 4.36. The van der Waals surface area contributed by atoms with Gasteiger partial charge in [-0.15, -0.1) is 0 Å². The average molecular weight is 264 g/mol. The van der Waals surface area contributed by atoms with E-state index in [2.05, 4.69) is 5.32 Å². The Kier molecular flexibility index (Phi) is 3.69. The summed E-state index contributed by atoms with van der Waals surface area (Å²) in [6.07, 6.45) is 4.78. The summed E-state index contributed by atoms with van der Waals surface area (Å²) in [5.74, 6) is -1.32. The molecule has 0 aliphatic carbocycles. The molecule has 2 rings (SSSR count). The van der Waals surface area contributed by atoms with Gasteiger partial charge in [0.1, 0.15) is 6.04 Å². The van der Waals surface area contributed by atoms with Gasteiger partial charge in [-0.05, 0) is 25.8 Å². The van der Waals surface area contributed by atoms with E-state index in [1.807, 2.05) is 13.0 Å². The molecular weight excluding hydrogens is 248 g/mol. The molecule has 1 aliphatic heterocycles. The van der Waals surface area contributed by atoms with Crippen LogP contribution < -0.4 is 21.8 Å². The lowest BCUT2D eigenvalue weighted by molar-refractivity contribution is -0.135. The van der Waals surface area contributed by atoms with Crippen LogP contribution in [0.2, 0.25) is 0 Å². The van der Waals surface area contributed by atoms with Gasteiger partial charge < -0.3 is 4.42 Å². The number of carbonyl (C=O) groups excluding carboxylic acids is 2. The maximum Gasteiger partial charge on any atom is 0.420 e. The van der Waals surface area contributed by atoms with E-state index in [9.17, 15) is 14.4 Å². The van der Waals surface area contributed by atoms with Crippen molar-refractivity contribution in [2.45, 2.75) is 39.2 Å². The fourth-order valence-corrected chi connectivity index (χ4v) is 2.24. The highest BCUT2D eigenvalue weighted by atomic mass is 16.4. The number of nitrogens with zero attached hydrogens (tertiary/aromatic N) is 1. The van der Waals surface area contributed by atoms with Crippen LogP contribution in [0.1, 0.15) is 39.2 Å². The van der Waals surface area contributed by atoms with Gasteiger partial charge in [-0.1, -0.05) is 13.0 Å². The number of aromatic nitrogens is 1. The van der Waals surface area contributed by atoms with Crippen molar-refractivity contribution in [3.8, 4) is 0 Å². The molecule has 0 bridgehead atoms. The molecule has 6 nitrogen and oxygen atoms in total. The third kappa shape index (κ3) is 2.38. The Morgan fingerprint density at radius 1 is 1.42 bits per heavy atom. The highest BCUT2D eigenvalue weighted by Gasteiger charge is 2.30. The van der Waals surface area contributed by atoms with Gasteiger partial charge in [0.15, 0.2) is 5.42 Å². The number of piperidine rings is 1. The van der Waals surface area contributed by atoms with Crippen molar-refractivity contribution < 1.29 is 14.0 Å². The van der Waals surface area contributed by atoms with Crippen molar-refractivity contribution in [3.63, 3.8) is 0 Å². The highest BCUT2D eigenvalue weighted by Crippen LogP contribution is 2.14. The number of hydrogen-bond donors (Lipinski definition) is 1. The second kappa shape index (κ2) is 5.26. The van der Waals surface area contributed by atoms with Crippen LogP contribution in [0.25, 0.3) is 12.2 Å². The van der Waals surface area contributed by atoms with Crippen LogP contribution in [0, 0.1) is 0 Å². The Morgan fingerprint density at radius 3 is 2.74 bits per heavy atom. The summed E-state index contributed by atoms with van der Waals surface area (Å²) in [6.45, 7) is 3.70. The lowest BCUT2D eigenvalue weighted by atomic mass is 10.1. The minimum atomic E-state index is -0.680. The molecule has 1 aromatic rings. The molecule has 1 saturated heterocycles. The van der Waals surface area contributed by atoms with Crippen molar-refractivity contribution in [1.29, 1.82) is 0 Å². The van der Waals surface area contributed by atoms with E-state index in [1.54, 1.807) is 13.0 Å². The molecule has 1 atom stereocenters. The second-order valence-corrected chi connectivity index (χ2v) is 4.36. The standard InChI is InChI=1S/C13H16N2O4/c1-3-5-8-10(4-2)19-13(18)15(8)9-6-7-11(16)14-12(9)17/h4-5,9H,3,6-7H2,1-2H3,(H,14,16,17)/b8-5+,10-4+. The van der Waals surface area contributed by atoms with Gasteiger partial charge in [0, 0.05) is 6.42 Å². The first-order chi connectivity index (χ1) is 9.08. The molecule has 2 amide bonds. The predicted molar refractivity (Wildman–Crippen MR) is 68.5 cm³/mol. The first-order valence-corrected chi connectivity index (χ1v) is 6.30. The molecule has 0 spiro atoms. The van der Waals surface area contributed by atoms with E-state index < -0.39 is 17.7 Å². The summed E-state index contributed by atoms with van der Waals surface area (Å²) in [5, 5.41) is 2.85. The average Bonchev–Trinajstić information content (AvgIpc) is 2.67. The summed E-state index contributed by atoms with van der Waals surface area (Å²) in [7, 11) is 0. The molecule has 2 heterocycles. The third-order valence-corrected chi connectivity index (χ3v) is 3.09. The summed E-state index contributed by atoms with van der Waals surface area (Å²) >= 11 is 0. The van der Waals surface area contributed by atoms with Gasteiger partial charge >= 0.3 is 5.76 Å². The number of imide groups is 1. The van der Waals surface area contributed by atoms with Crippen molar-refractivity contribution >= 4 is 24.0 Å². The molecule has 1 aromatic heterocycles. The quantitative estimate of drug-likeness (QED) is 0.724. The van der Waals surface area contributed by atoms with Gasteiger partial charge in [0.25, 0.3) is 0 Å². The number of carbonyl (C=O) groups is 2. The van der Waals surface area contributed by atoms with Gasteiger partial charge in [0.2, 0.25) is 11.8 Å². The zero-order valence-corrected chi connectivity index (χ0v) is 10.9. The van der Waals surface area contributed by atoms with E-state index in [0.29, 0.717) is 23.6 Å². The molecule has 1 aliphatic rings. The molecule has 102 valence electrons. The minimum Gasteiger partial charge on any atom is -0.408 e. The van der Waals surface area contributed by atoms with Crippen molar-refractivity contribution in [1.82, 2.24) is 9.88 Å². The van der Waals surface area contributed by atoms with E-state index >= 15 is 0 Å². The zero-order chi connectivity index (χ0) is 14.0. The van der Waals surface area contributed by atoms with E-state index in [4.69, 9.17) is 4.42 Å². The normalized spacial score (nSPS) is 21.9. The predicted octanol–water partition coefficient (Wildman–Crippen LogP) is -0.590. The lowest BCUT2D eigenvalue weighted by Gasteiger charge is -2.20. The first kappa shape index (κ1) is 13.3. The maximum absolute atomic E-state index is 11.9. The Bertz CT molecular complexity index is 680. The SMILES string of the molecule is C/C=c1/oc(=O)n(C2CCC(=O)NC2=O)/c1=C/CC. The molecule has 0 radical (unpaired) electrons. The van der Waals surface area contributed by atoms with Crippen LogP contribution in [-0.2, 0) is 9.59 Å². The molecule has 1 unspecified atom stereocenters. The van der Waals surface area contributed by atoms with Crippen LogP contribution in [0.4, 0.5) is 0 Å². The largest absolute Gasteiger partial charge is 0.420 e. The number of rotatable bonds is 2. The molecule has 0 aromatic carbocycles. The van der Waals surface area contributed by atoms with Crippen LogP contribution in [0.5, 0.6) is 0 Å². The Morgan fingerprint density at radius 2 is 2.16 bits per heavy atom. The van der Waals surface area contributed by atoms with E-state index in [-0.39, 0.29) is 12.3 Å². The summed E-state index contributed by atoms with van der Waals surface area (Å²) in [6, 6.07) is -0.680. The van der Waals surface area contributed by atoms with Gasteiger partial charge in [-0.2, -0.15) is 0 Å². The molecular formula is C13H16N2O4. The molecule has 1 N–H and O–H groups in total. The smallest absolute Gasteiger partial charge is 0.408 e. The number of amides is 2. The zero-order valence-electron chi connectivity index (χ0n) is 10.9. The lowest BCUT2D eigenvalue weighted by Crippen LogP contribution is -2.47. The summed E-state index contributed by atoms with van der Waals surface area (Å²) < 4.78 is 6.47. The molecule has 0 saturated carbocycles.